The van der Waals surface area contributed by atoms with E-state index in [1.807, 2.05) is 69.4 Å². The van der Waals surface area contributed by atoms with Crippen molar-refractivity contribution in [1.82, 2.24) is 0 Å². The fourth-order valence-electron chi connectivity index (χ4n) is 7.49. The molecular formula is C61H78O4S4. The van der Waals surface area contributed by atoms with Crippen molar-refractivity contribution in [2.75, 3.05) is 64.7 Å². The van der Waals surface area contributed by atoms with E-state index in [4.69, 9.17) is 14.2 Å². The minimum absolute atomic E-state index is 0.140. The number of hydrogen-bond acceptors (Lipinski definition) is 8. The number of hydrogen-bond donors (Lipinski definition) is 2. The molecule has 0 amide bonds. The molecule has 4 nitrogen and oxygen atoms in total. The Kier molecular flexibility index (Phi) is 32.2. The van der Waals surface area contributed by atoms with Crippen molar-refractivity contribution < 1.29 is 19.3 Å². The van der Waals surface area contributed by atoms with Crippen molar-refractivity contribution in [3.05, 3.63) is 244 Å². The fraction of sp³-hybridized carbons (Fsp3) is 0.311. The first-order chi connectivity index (χ1) is 33.9. The minimum Gasteiger partial charge on any atom is -0.497 e. The van der Waals surface area contributed by atoms with Crippen LogP contribution < -0.4 is 4.74 Å². The Balaban J connectivity index is 0.000000351. The van der Waals surface area contributed by atoms with Gasteiger partial charge in [0.2, 0.25) is 0 Å². The molecule has 0 atom stereocenters. The van der Waals surface area contributed by atoms with Crippen LogP contribution in [0.2, 0.25) is 0 Å². The standard InChI is InChI=1S/C23H24O2S.C22H22OS.C11H16OS.2C2H6.CH4S/c1-18-17-21(25-2)13-14-22(18)23(26-16-15-24,19-9-5-3-6-10-19)20-11-7-4-8-12-20;1-23-17-18-24-22(19-11-5-2-6-12-19,20-13-7-3-8-14-20)21-15-9-4-10-16-21;1-10-3-5-11(6-4-10)9-13-8-7-12-2;3*1-2/h3-14,17,24H,15-16H2,1-2H3;2-16H,17-18H2,1H3;3-6H,7-9H2,1-2H3;2*1-2H3;2H,1H3. The molecule has 7 aromatic carbocycles. The van der Waals surface area contributed by atoms with Crippen molar-refractivity contribution in [3.63, 3.8) is 0 Å². The third-order valence-corrected chi connectivity index (χ3v) is 14.6. The van der Waals surface area contributed by atoms with Crippen LogP contribution in [0, 0.1) is 13.8 Å². The lowest BCUT2D eigenvalue weighted by atomic mass is 9.82. The number of ether oxygens (including phenoxy) is 3. The van der Waals surface area contributed by atoms with Gasteiger partial charge < -0.3 is 19.3 Å². The van der Waals surface area contributed by atoms with Crippen molar-refractivity contribution in [1.29, 1.82) is 0 Å². The maximum atomic E-state index is 9.58. The minimum atomic E-state index is -0.387. The average molecular weight is 1000 g/mol. The smallest absolute Gasteiger partial charge is 0.119 e. The number of aliphatic hydroxyl groups excluding tert-OH is 1. The summed E-state index contributed by atoms with van der Waals surface area (Å²) in [6, 6.07) is 68.3. The van der Waals surface area contributed by atoms with Crippen LogP contribution >= 0.6 is 47.9 Å². The molecule has 8 heteroatoms. The highest BCUT2D eigenvalue weighted by Crippen LogP contribution is 2.50. The second kappa shape index (κ2) is 36.5. The summed E-state index contributed by atoms with van der Waals surface area (Å²) < 4.78 is 15.1. The number of thioether (sulfide) groups is 3. The summed E-state index contributed by atoms with van der Waals surface area (Å²) >= 11 is 9.13. The average Bonchev–Trinajstić information content (AvgIpc) is 3.43. The van der Waals surface area contributed by atoms with Crippen LogP contribution in [0.25, 0.3) is 0 Å². The molecular weight excluding hydrogens is 925 g/mol. The van der Waals surface area contributed by atoms with Crippen molar-refractivity contribution in [2.45, 2.75) is 56.8 Å². The highest BCUT2D eigenvalue weighted by Gasteiger charge is 2.38. The van der Waals surface area contributed by atoms with E-state index in [0.717, 1.165) is 36.2 Å². The van der Waals surface area contributed by atoms with Gasteiger partial charge in [0.05, 0.1) is 36.4 Å². The van der Waals surface area contributed by atoms with Gasteiger partial charge >= 0.3 is 0 Å². The van der Waals surface area contributed by atoms with E-state index in [9.17, 15) is 5.11 Å². The molecule has 0 aliphatic rings. The summed E-state index contributed by atoms with van der Waals surface area (Å²) in [5, 5.41) is 9.58. The van der Waals surface area contributed by atoms with E-state index in [-0.39, 0.29) is 16.1 Å². The number of thiol groups is 1. The molecule has 370 valence electrons. The van der Waals surface area contributed by atoms with Crippen LogP contribution in [-0.4, -0.2) is 69.8 Å². The van der Waals surface area contributed by atoms with Crippen LogP contribution in [0.5, 0.6) is 5.75 Å². The molecule has 69 heavy (non-hydrogen) atoms. The maximum absolute atomic E-state index is 9.58. The maximum Gasteiger partial charge on any atom is 0.119 e. The number of methoxy groups -OCH3 is 3. The highest BCUT2D eigenvalue weighted by molar-refractivity contribution is 8.01. The largest absolute Gasteiger partial charge is 0.497 e. The van der Waals surface area contributed by atoms with Crippen LogP contribution in [0.3, 0.4) is 0 Å². The molecule has 0 aromatic heterocycles. The van der Waals surface area contributed by atoms with Gasteiger partial charge in [-0.2, -0.15) is 24.4 Å². The van der Waals surface area contributed by atoms with Gasteiger partial charge in [-0.1, -0.05) is 215 Å². The second-order valence-corrected chi connectivity index (χ2v) is 18.5. The number of aliphatic hydroxyl groups is 1. The molecule has 0 saturated carbocycles. The van der Waals surface area contributed by atoms with E-state index in [1.54, 1.807) is 39.3 Å². The zero-order chi connectivity index (χ0) is 50.6. The van der Waals surface area contributed by atoms with Gasteiger partial charge in [0.25, 0.3) is 0 Å². The second-order valence-electron chi connectivity index (χ2n) is 14.8. The first-order valence-electron chi connectivity index (χ1n) is 23.8. The number of aryl methyl sites for hydroxylation is 2. The monoisotopic (exact) mass is 1000 g/mol. The zero-order valence-corrected chi connectivity index (χ0v) is 46.1. The molecule has 0 aliphatic carbocycles. The predicted octanol–water partition coefficient (Wildman–Crippen LogP) is 15.9. The van der Waals surface area contributed by atoms with Crippen LogP contribution in [0.4, 0.5) is 0 Å². The Labute approximate surface area is 435 Å². The summed E-state index contributed by atoms with van der Waals surface area (Å²) in [7, 11) is 5.19. The van der Waals surface area contributed by atoms with Gasteiger partial charge in [-0.3, -0.25) is 0 Å². The fourth-order valence-corrected chi connectivity index (χ4v) is 11.2. The summed E-state index contributed by atoms with van der Waals surface area (Å²) in [5.74, 6) is 4.59. The highest BCUT2D eigenvalue weighted by atomic mass is 32.2. The van der Waals surface area contributed by atoms with Gasteiger partial charge in [0.15, 0.2) is 0 Å². The molecule has 1 N–H and O–H groups in total. The SMILES string of the molecule is CC.CC.COCCSC(c1ccccc1)(c1ccccc1)c1ccccc1.COCCSCc1ccc(C)cc1.COc1ccc(C(SCCO)(c2ccccc2)c2ccccc2)c(C)c1.CS. The summed E-state index contributed by atoms with van der Waals surface area (Å²) in [5.41, 5.74) is 11.4. The summed E-state index contributed by atoms with van der Waals surface area (Å²) in [6.45, 7) is 14.0. The van der Waals surface area contributed by atoms with E-state index < -0.39 is 0 Å². The van der Waals surface area contributed by atoms with Gasteiger partial charge in [-0.05, 0) is 76.7 Å². The molecule has 0 unspecified atom stereocenters. The van der Waals surface area contributed by atoms with Gasteiger partial charge in [-0.15, -0.1) is 23.5 Å². The first-order valence-corrected chi connectivity index (χ1v) is 27.8. The Morgan fingerprint density at radius 2 is 0.841 bits per heavy atom. The molecule has 7 rings (SSSR count). The normalized spacial score (nSPS) is 10.4. The Morgan fingerprint density at radius 3 is 1.20 bits per heavy atom. The Morgan fingerprint density at radius 1 is 0.464 bits per heavy atom. The molecule has 0 saturated heterocycles. The lowest BCUT2D eigenvalue weighted by molar-refractivity contribution is 0.218. The van der Waals surface area contributed by atoms with Crippen molar-refractivity contribution in [3.8, 4) is 5.75 Å². The molecule has 0 bridgehead atoms. The number of rotatable bonds is 19. The predicted molar refractivity (Wildman–Crippen MR) is 310 cm³/mol. The van der Waals surface area contributed by atoms with Gasteiger partial charge in [0.1, 0.15) is 5.75 Å². The molecule has 0 aliphatic heterocycles. The topological polar surface area (TPSA) is 47.9 Å². The molecule has 0 spiro atoms. The Hall–Kier alpha value is -4.38. The van der Waals surface area contributed by atoms with Gasteiger partial charge in [-0.25, -0.2) is 0 Å². The molecule has 7 aromatic rings. The van der Waals surface area contributed by atoms with Crippen LogP contribution in [-0.2, 0) is 24.7 Å². The third kappa shape index (κ3) is 18.7. The van der Waals surface area contributed by atoms with E-state index in [0.29, 0.717) is 5.75 Å². The summed E-state index contributed by atoms with van der Waals surface area (Å²) in [6.07, 6.45) is 1.69. The lowest BCUT2D eigenvalue weighted by Gasteiger charge is -2.36. The molecule has 0 heterocycles. The summed E-state index contributed by atoms with van der Waals surface area (Å²) in [4.78, 5) is 0. The van der Waals surface area contributed by atoms with E-state index >= 15 is 0 Å². The van der Waals surface area contributed by atoms with Crippen LogP contribution in [0.1, 0.15) is 77.8 Å². The first kappa shape index (κ1) is 60.7. The lowest BCUT2D eigenvalue weighted by Crippen LogP contribution is -2.27. The van der Waals surface area contributed by atoms with Crippen LogP contribution in [0.15, 0.2) is 194 Å². The zero-order valence-electron chi connectivity index (χ0n) is 42.8. The Bertz CT molecular complexity index is 2140. The molecule has 0 radical (unpaired) electrons. The van der Waals surface area contributed by atoms with Gasteiger partial charge in [0, 0.05) is 37.2 Å². The quantitative estimate of drug-likeness (QED) is 0.0475. The van der Waals surface area contributed by atoms with E-state index in [2.05, 4.69) is 202 Å². The molecule has 0 fully saturated rings. The third-order valence-electron chi connectivity index (χ3n) is 10.6. The van der Waals surface area contributed by atoms with E-state index in [1.165, 1.54) is 50.1 Å². The van der Waals surface area contributed by atoms with Crippen molar-refractivity contribution >= 4 is 47.9 Å². The number of benzene rings is 7. The van der Waals surface area contributed by atoms with Crippen molar-refractivity contribution in [2.24, 2.45) is 0 Å².